The fourth-order valence-electron chi connectivity index (χ4n) is 2.49. The standard InChI is InChI=1S/C20H18N2O3/c1-24-18-9-8-15(12-19(18)25-2)20(23)22-17-7-3-5-14(11-17)16-6-4-10-21-13-16/h3-13H,1-2H3,(H,22,23). The van der Waals surface area contributed by atoms with Crippen molar-refractivity contribution < 1.29 is 14.3 Å². The average molecular weight is 334 g/mol. The third kappa shape index (κ3) is 3.77. The quantitative estimate of drug-likeness (QED) is 0.765. The lowest BCUT2D eigenvalue weighted by atomic mass is 10.1. The molecule has 25 heavy (non-hydrogen) atoms. The molecule has 0 aliphatic heterocycles. The molecule has 126 valence electrons. The average Bonchev–Trinajstić information content (AvgIpc) is 2.68. The van der Waals surface area contributed by atoms with Crippen LogP contribution in [0.5, 0.6) is 11.5 Å². The number of rotatable bonds is 5. The highest BCUT2D eigenvalue weighted by atomic mass is 16.5. The molecular formula is C20H18N2O3. The topological polar surface area (TPSA) is 60.5 Å². The van der Waals surface area contributed by atoms with Gasteiger partial charge in [-0.2, -0.15) is 0 Å². The van der Waals surface area contributed by atoms with Crippen LogP contribution in [0.15, 0.2) is 67.0 Å². The molecule has 0 fully saturated rings. The first-order valence-electron chi connectivity index (χ1n) is 7.75. The molecule has 1 heterocycles. The number of aromatic nitrogens is 1. The summed E-state index contributed by atoms with van der Waals surface area (Å²) in [6, 6.07) is 16.5. The Morgan fingerprint density at radius 1 is 0.920 bits per heavy atom. The van der Waals surface area contributed by atoms with Crippen molar-refractivity contribution in [1.82, 2.24) is 4.98 Å². The number of hydrogen-bond acceptors (Lipinski definition) is 4. The predicted molar refractivity (Wildman–Crippen MR) is 97.2 cm³/mol. The van der Waals surface area contributed by atoms with Crippen LogP contribution in [0.2, 0.25) is 0 Å². The van der Waals surface area contributed by atoms with Crippen LogP contribution in [0.25, 0.3) is 11.1 Å². The smallest absolute Gasteiger partial charge is 0.255 e. The van der Waals surface area contributed by atoms with Gasteiger partial charge in [-0.05, 0) is 42.0 Å². The zero-order valence-corrected chi connectivity index (χ0v) is 14.0. The van der Waals surface area contributed by atoms with E-state index in [4.69, 9.17) is 9.47 Å². The molecule has 0 saturated heterocycles. The van der Waals surface area contributed by atoms with Crippen LogP contribution in [-0.2, 0) is 0 Å². The first kappa shape index (κ1) is 16.5. The molecule has 3 aromatic rings. The van der Waals surface area contributed by atoms with Gasteiger partial charge in [0.25, 0.3) is 5.91 Å². The highest BCUT2D eigenvalue weighted by molar-refractivity contribution is 6.04. The van der Waals surface area contributed by atoms with Crippen LogP contribution < -0.4 is 14.8 Å². The normalized spacial score (nSPS) is 10.2. The summed E-state index contributed by atoms with van der Waals surface area (Å²) in [6.07, 6.45) is 3.52. The predicted octanol–water partition coefficient (Wildman–Crippen LogP) is 4.02. The van der Waals surface area contributed by atoms with Gasteiger partial charge in [0.2, 0.25) is 0 Å². The number of nitrogens with zero attached hydrogens (tertiary/aromatic N) is 1. The van der Waals surface area contributed by atoms with E-state index in [9.17, 15) is 4.79 Å². The Hall–Kier alpha value is -3.34. The van der Waals surface area contributed by atoms with Gasteiger partial charge in [0.1, 0.15) is 0 Å². The fraction of sp³-hybridized carbons (Fsp3) is 0.100. The largest absolute Gasteiger partial charge is 0.493 e. The van der Waals surface area contributed by atoms with E-state index in [-0.39, 0.29) is 5.91 Å². The summed E-state index contributed by atoms with van der Waals surface area (Å²) in [7, 11) is 3.10. The van der Waals surface area contributed by atoms with E-state index in [0.29, 0.717) is 22.7 Å². The lowest BCUT2D eigenvalue weighted by molar-refractivity contribution is 0.102. The summed E-state index contributed by atoms with van der Waals surface area (Å²) in [5.41, 5.74) is 3.17. The fourth-order valence-corrected chi connectivity index (χ4v) is 2.49. The Bertz CT molecular complexity index is 879. The Morgan fingerprint density at radius 2 is 1.72 bits per heavy atom. The third-order valence-corrected chi connectivity index (χ3v) is 3.76. The lowest BCUT2D eigenvalue weighted by Gasteiger charge is -2.11. The molecule has 5 nitrogen and oxygen atoms in total. The van der Waals surface area contributed by atoms with Crippen molar-refractivity contribution in [2.75, 3.05) is 19.5 Å². The van der Waals surface area contributed by atoms with E-state index in [1.807, 2.05) is 36.4 Å². The summed E-state index contributed by atoms with van der Waals surface area (Å²) >= 11 is 0. The number of nitrogens with one attached hydrogen (secondary N) is 1. The maximum Gasteiger partial charge on any atom is 0.255 e. The number of hydrogen-bond donors (Lipinski definition) is 1. The first-order valence-corrected chi connectivity index (χ1v) is 7.75. The van der Waals surface area contributed by atoms with Crippen molar-refractivity contribution in [3.63, 3.8) is 0 Å². The molecule has 0 spiro atoms. The second kappa shape index (κ2) is 7.49. The number of methoxy groups -OCH3 is 2. The zero-order valence-electron chi connectivity index (χ0n) is 14.0. The molecular weight excluding hydrogens is 316 g/mol. The van der Waals surface area contributed by atoms with E-state index in [2.05, 4.69) is 10.3 Å². The SMILES string of the molecule is COc1ccc(C(=O)Nc2cccc(-c3cccnc3)c2)cc1OC. The molecule has 0 aliphatic carbocycles. The van der Waals surface area contributed by atoms with Gasteiger partial charge in [0.15, 0.2) is 11.5 Å². The number of amides is 1. The van der Waals surface area contributed by atoms with E-state index in [1.54, 1.807) is 37.7 Å². The Morgan fingerprint density at radius 3 is 2.44 bits per heavy atom. The van der Waals surface area contributed by atoms with Crippen molar-refractivity contribution in [3.05, 3.63) is 72.6 Å². The number of benzene rings is 2. The van der Waals surface area contributed by atoms with Crippen molar-refractivity contribution in [2.24, 2.45) is 0 Å². The number of pyridine rings is 1. The molecule has 2 aromatic carbocycles. The monoisotopic (exact) mass is 334 g/mol. The second-order valence-electron chi connectivity index (χ2n) is 5.35. The van der Waals surface area contributed by atoms with Gasteiger partial charge >= 0.3 is 0 Å². The Kier molecular flexibility index (Phi) is 4.95. The van der Waals surface area contributed by atoms with Crippen LogP contribution in [0, 0.1) is 0 Å². The molecule has 0 bridgehead atoms. The van der Waals surface area contributed by atoms with Gasteiger partial charge in [-0.25, -0.2) is 0 Å². The molecule has 3 rings (SSSR count). The minimum Gasteiger partial charge on any atom is -0.493 e. The van der Waals surface area contributed by atoms with E-state index >= 15 is 0 Å². The van der Waals surface area contributed by atoms with Crippen molar-refractivity contribution in [2.45, 2.75) is 0 Å². The summed E-state index contributed by atoms with van der Waals surface area (Å²) in [6.45, 7) is 0. The summed E-state index contributed by atoms with van der Waals surface area (Å²) < 4.78 is 10.4. The van der Waals surface area contributed by atoms with Gasteiger partial charge in [-0.3, -0.25) is 9.78 Å². The lowest BCUT2D eigenvalue weighted by Crippen LogP contribution is -2.12. The number of carbonyl (C=O) groups excluding carboxylic acids is 1. The van der Waals surface area contributed by atoms with Gasteiger partial charge in [-0.15, -0.1) is 0 Å². The van der Waals surface area contributed by atoms with Crippen LogP contribution in [0.4, 0.5) is 5.69 Å². The van der Waals surface area contributed by atoms with Crippen LogP contribution in [-0.4, -0.2) is 25.1 Å². The van der Waals surface area contributed by atoms with Gasteiger partial charge < -0.3 is 14.8 Å². The maximum atomic E-state index is 12.5. The molecule has 0 radical (unpaired) electrons. The van der Waals surface area contributed by atoms with Crippen molar-refractivity contribution >= 4 is 11.6 Å². The molecule has 1 aromatic heterocycles. The molecule has 0 atom stereocenters. The van der Waals surface area contributed by atoms with Gasteiger partial charge in [0.05, 0.1) is 14.2 Å². The van der Waals surface area contributed by atoms with E-state index in [0.717, 1.165) is 11.1 Å². The number of carbonyl (C=O) groups is 1. The summed E-state index contributed by atoms with van der Waals surface area (Å²) in [5, 5.41) is 2.90. The Labute approximate surface area is 146 Å². The zero-order chi connectivity index (χ0) is 17.6. The molecule has 0 unspecified atom stereocenters. The molecule has 1 N–H and O–H groups in total. The molecule has 1 amide bonds. The number of anilines is 1. The van der Waals surface area contributed by atoms with Gasteiger partial charge in [0, 0.05) is 29.2 Å². The van der Waals surface area contributed by atoms with Crippen LogP contribution in [0.3, 0.4) is 0 Å². The third-order valence-electron chi connectivity index (χ3n) is 3.76. The first-order chi connectivity index (χ1) is 12.2. The Balaban J connectivity index is 1.82. The minimum absolute atomic E-state index is 0.218. The number of ether oxygens (including phenoxy) is 2. The van der Waals surface area contributed by atoms with Crippen molar-refractivity contribution in [1.29, 1.82) is 0 Å². The highest BCUT2D eigenvalue weighted by Crippen LogP contribution is 2.28. The van der Waals surface area contributed by atoms with E-state index < -0.39 is 0 Å². The maximum absolute atomic E-state index is 12.5. The van der Waals surface area contributed by atoms with Crippen molar-refractivity contribution in [3.8, 4) is 22.6 Å². The highest BCUT2D eigenvalue weighted by Gasteiger charge is 2.11. The molecule has 0 aliphatic rings. The molecule has 0 saturated carbocycles. The molecule has 5 heteroatoms. The van der Waals surface area contributed by atoms with Gasteiger partial charge in [-0.1, -0.05) is 18.2 Å². The van der Waals surface area contributed by atoms with Crippen LogP contribution in [0.1, 0.15) is 10.4 Å². The van der Waals surface area contributed by atoms with E-state index in [1.165, 1.54) is 7.11 Å². The summed E-state index contributed by atoms with van der Waals surface area (Å²) in [4.78, 5) is 16.6. The summed E-state index contributed by atoms with van der Waals surface area (Å²) in [5.74, 6) is 0.876. The van der Waals surface area contributed by atoms with Crippen LogP contribution >= 0.6 is 0 Å². The second-order valence-corrected chi connectivity index (χ2v) is 5.35. The minimum atomic E-state index is -0.218.